The van der Waals surface area contributed by atoms with Crippen LogP contribution in [0.15, 0.2) is 54.6 Å². The molecule has 29 heavy (non-hydrogen) atoms. The topological polar surface area (TPSA) is 45.6 Å². The van der Waals surface area contributed by atoms with Crippen molar-refractivity contribution in [3.63, 3.8) is 0 Å². The molecule has 1 aromatic heterocycles. The van der Waals surface area contributed by atoms with E-state index in [1.165, 1.54) is 6.07 Å². The minimum Gasteiger partial charge on any atom is -0.473 e. The van der Waals surface area contributed by atoms with Crippen molar-refractivity contribution in [1.29, 1.82) is 0 Å². The fourth-order valence-electron chi connectivity index (χ4n) is 3.60. The maximum absolute atomic E-state index is 14.2. The van der Waals surface area contributed by atoms with Gasteiger partial charge in [-0.1, -0.05) is 54.1 Å². The first kappa shape index (κ1) is 19.8. The Balaban J connectivity index is 1.49. The van der Waals surface area contributed by atoms with Gasteiger partial charge in [0, 0.05) is 48.8 Å². The van der Waals surface area contributed by atoms with Gasteiger partial charge < -0.3 is 9.84 Å². The summed E-state index contributed by atoms with van der Waals surface area (Å²) >= 11 is 6.55. The third-order valence-electron chi connectivity index (χ3n) is 5.14. The second-order valence-electron chi connectivity index (χ2n) is 7.05. The Bertz CT molecular complexity index is 1010. The normalized spacial score (nSPS) is 13.9. The van der Waals surface area contributed by atoms with Crippen molar-refractivity contribution in [3.8, 4) is 17.0 Å². The zero-order chi connectivity index (χ0) is 20.2. The Morgan fingerprint density at radius 1 is 1.07 bits per heavy atom. The van der Waals surface area contributed by atoms with Crippen molar-refractivity contribution in [2.24, 2.45) is 0 Å². The molecule has 2 heterocycles. The Morgan fingerprint density at radius 2 is 1.90 bits per heavy atom. The maximum atomic E-state index is 14.2. The molecule has 0 aliphatic carbocycles. The standard InChI is InChI=1S/C23H22ClFN2O2/c24-23-17(4-3-6-19(23)18-5-1-2-7-20(18)25)15-29-22-9-8-16-14-27(12-13-28)11-10-21(16)26-22/h1-9,28H,10-15H2. The zero-order valence-corrected chi connectivity index (χ0v) is 16.7. The molecule has 0 bridgehead atoms. The van der Waals surface area contributed by atoms with Crippen LogP contribution in [0, 0.1) is 5.82 Å². The minimum absolute atomic E-state index is 0.163. The van der Waals surface area contributed by atoms with Crippen LogP contribution in [0.3, 0.4) is 0 Å². The quantitative estimate of drug-likeness (QED) is 0.648. The summed E-state index contributed by atoms with van der Waals surface area (Å²) in [4.78, 5) is 6.84. The van der Waals surface area contributed by atoms with Gasteiger partial charge in [-0.15, -0.1) is 0 Å². The monoisotopic (exact) mass is 412 g/mol. The van der Waals surface area contributed by atoms with E-state index in [1.807, 2.05) is 24.3 Å². The number of hydrogen-bond donors (Lipinski definition) is 1. The van der Waals surface area contributed by atoms with Crippen LogP contribution in [0.25, 0.3) is 11.1 Å². The first-order chi connectivity index (χ1) is 14.2. The molecule has 1 aliphatic heterocycles. The number of aliphatic hydroxyl groups excluding tert-OH is 1. The number of nitrogens with zero attached hydrogens (tertiary/aromatic N) is 2. The Labute approximate surface area is 174 Å². The van der Waals surface area contributed by atoms with Crippen molar-refractivity contribution in [1.82, 2.24) is 9.88 Å². The molecule has 0 saturated carbocycles. The number of β-amino-alcohol motifs (C(OH)–C–C–N with tert-alkyl or cyclic N) is 1. The molecule has 0 atom stereocenters. The van der Waals surface area contributed by atoms with E-state index in [1.54, 1.807) is 24.3 Å². The lowest BCUT2D eigenvalue weighted by molar-refractivity contribution is 0.183. The van der Waals surface area contributed by atoms with Crippen LogP contribution in [0.2, 0.25) is 5.02 Å². The smallest absolute Gasteiger partial charge is 0.213 e. The van der Waals surface area contributed by atoms with Crippen LogP contribution >= 0.6 is 11.6 Å². The second kappa shape index (κ2) is 8.91. The van der Waals surface area contributed by atoms with Crippen molar-refractivity contribution >= 4 is 11.6 Å². The molecule has 1 aliphatic rings. The van der Waals surface area contributed by atoms with Gasteiger partial charge in [0.2, 0.25) is 5.88 Å². The molecule has 0 spiro atoms. The fraction of sp³-hybridized carbons (Fsp3) is 0.261. The summed E-state index contributed by atoms with van der Waals surface area (Å²) < 4.78 is 20.0. The predicted octanol–water partition coefficient (Wildman–Crippen LogP) is 4.47. The number of aromatic nitrogens is 1. The van der Waals surface area contributed by atoms with Gasteiger partial charge in [-0.25, -0.2) is 9.37 Å². The van der Waals surface area contributed by atoms with Gasteiger partial charge in [0.15, 0.2) is 0 Å². The SMILES string of the molecule is OCCN1CCc2nc(OCc3cccc(-c4ccccc4F)c3Cl)ccc2C1. The van der Waals surface area contributed by atoms with Gasteiger partial charge >= 0.3 is 0 Å². The molecule has 2 aromatic carbocycles. The molecule has 1 N–H and O–H groups in total. The summed E-state index contributed by atoms with van der Waals surface area (Å²) in [5.41, 5.74) is 4.09. The molecule has 4 rings (SSSR count). The Kier molecular flexibility index (Phi) is 6.09. The second-order valence-corrected chi connectivity index (χ2v) is 7.43. The number of hydrogen-bond acceptors (Lipinski definition) is 4. The summed E-state index contributed by atoms with van der Waals surface area (Å²) in [6, 6.07) is 16.0. The molecular formula is C23H22ClFN2O2. The van der Waals surface area contributed by atoms with E-state index in [0.29, 0.717) is 28.6 Å². The van der Waals surface area contributed by atoms with Gasteiger partial charge in [-0.3, -0.25) is 4.90 Å². The van der Waals surface area contributed by atoms with E-state index < -0.39 is 0 Å². The molecule has 0 unspecified atom stereocenters. The largest absolute Gasteiger partial charge is 0.473 e. The van der Waals surface area contributed by atoms with E-state index in [0.717, 1.165) is 36.3 Å². The number of halogens is 2. The lowest BCUT2D eigenvalue weighted by atomic mass is 10.0. The predicted molar refractivity (Wildman–Crippen MR) is 111 cm³/mol. The summed E-state index contributed by atoms with van der Waals surface area (Å²) in [5, 5.41) is 9.59. The van der Waals surface area contributed by atoms with Gasteiger partial charge in [0.25, 0.3) is 0 Å². The van der Waals surface area contributed by atoms with Crippen molar-refractivity contribution < 1.29 is 14.2 Å². The van der Waals surface area contributed by atoms with E-state index in [9.17, 15) is 4.39 Å². The number of ether oxygens (including phenoxy) is 1. The molecule has 4 nitrogen and oxygen atoms in total. The van der Waals surface area contributed by atoms with Gasteiger partial charge in [-0.2, -0.15) is 0 Å². The number of fused-ring (bicyclic) bond motifs is 1. The van der Waals surface area contributed by atoms with E-state index >= 15 is 0 Å². The maximum Gasteiger partial charge on any atom is 0.213 e. The number of aliphatic hydroxyl groups is 1. The Morgan fingerprint density at radius 3 is 2.72 bits per heavy atom. The average molecular weight is 413 g/mol. The third-order valence-corrected chi connectivity index (χ3v) is 5.58. The van der Waals surface area contributed by atoms with Gasteiger partial charge in [0.1, 0.15) is 12.4 Å². The lowest BCUT2D eigenvalue weighted by Gasteiger charge is -2.27. The fourth-order valence-corrected chi connectivity index (χ4v) is 3.88. The minimum atomic E-state index is -0.306. The van der Waals surface area contributed by atoms with Gasteiger partial charge in [-0.05, 0) is 11.6 Å². The highest BCUT2D eigenvalue weighted by molar-refractivity contribution is 6.34. The molecule has 0 amide bonds. The van der Waals surface area contributed by atoms with Gasteiger partial charge in [0.05, 0.1) is 17.3 Å². The van der Waals surface area contributed by atoms with Crippen LogP contribution < -0.4 is 4.74 Å². The molecule has 0 fully saturated rings. The van der Waals surface area contributed by atoms with E-state index in [4.69, 9.17) is 21.4 Å². The summed E-state index contributed by atoms with van der Waals surface area (Å²) in [7, 11) is 0. The molecule has 0 saturated heterocycles. The molecule has 6 heteroatoms. The van der Waals surface area contributed by atoms with Crippen LogP contribution in [-0.4, -0.2) is 34.7 Å². The van der Waals surface area contributed by atoms with Crippen LogP contribution in [-0.2, 0) is 19.6 Å². The highest BCUT2D eigenvalue weighted by atomic mass is 35.5. The highest BCUT2D eigenvalue weighted by Crippen LogP contribution is 2.33. The number of rotatable bonds is 6. The summed E-state index contributed by atoms with van der Waals surface area (Å²) in [6.07, 6.45) is 0.829. The van der Waals surface area contributed by atoms with E-state index in [2.05, 4.69) is 9.88 Å². The molecule has 3 aromatic rings. The number of benzene rings is 2. The summed E-state index contributed by atoms with van der Waals surface area (Å²) in [5.74, 6) is 0.241. The molecule has 0 radical (unpaired) electrons. The first-order valence-electron chi connectivity index (χ1n) is 9.63. The zero-order valence-electron chi connectivity index (χ0n) is 15.9. The lowest BCUT2D eigenvalue weighted by Crippen LogP contribution is -2.33. The van der Waals surface area contributed by atoms with E-state index in [-0.39, 0.29) is 19.0 Å². The average Bonchev–Trinajstić information content (AvgIpc) is 2.74. The number of pyridine rings is 1. The van der Waals surface area contributed by atoms with Crippen LogP contribution in [0.5, 0.6) is 5.88 Å². The Hall–Kier alpha value is -2.47. The van der Waals surface area contributed by atoms with Crippen molar-refractivity contribution in [3.05, 3.63) is 82.3 Å². The third kappa shape index (κ3) is 4.42. The molecule has 150 valence electrons. The first-order valence-corrected chi connectivity index (χ1v) is 10.0. The summed E-state index contributed by atoms with van der Waals surface area (Å²) in [6.45, 7) is 2.76. The highest BCUT2D eigenvalue weighted by Gasteiger charge is 2.18. The van der Waals surface area contributed by atoms with Crippen molar-refractivity contribution in [2.45, 2.75) is 19.6 Å². The van der Waals surface area contributed by atoms with Crippen LogP contribution in [0.4, 0.5) is 4.39 Å². The molecular weight excluding hydrogens is 391 g/mol. The van der Waals surface area contributed by atoms with Crippen LogP contribution in [0.1, 0.15) is 16.8 Å². The van der Waals surface area contributed by atoms with Crippen molar-refractivity contribution in [2.75, 3.05) is 19.7 Å².